The molecule has 0 unspecified atom stereocenters. The van der Waals surface area contributed by atoms with E-state index in [1.165, 1.54) is 135 Å². The molecule has 0 atom stereocenters. The number of nitrogens with zero attached hydrogens (tertiary/aromatic N) is 2. The van der Waals surface area contributed by atoms with E-state index in [1.807, 2.05) is 0 Å². The SMILES string of the molecule is Cc1cc2c3c(c1)N(c1ccccc1C)c1ccc4c(sc5cc6c(cc54)C(C)(C)CCC6(C)C)c1B3c1cc3c(cc1N2c1cc2c(cc1C)C(C)(C)CCC2(C)C)C(C)(C)CC3(C)C. The van der Waals surface area contributed by atoms with Gasteiger partial charge < -0.3 is 9.80 Å². The average molecular weight is 885 g/mol. The summed E-state index contributed by atoms with van der Waals surface area (Å²) in [6, 6.07) is 34.9. The van der Waals surface area contributed by atoms with E-state index < -0.39 is 0 Å². The summed E-state index contributed by atoms with van der Waals surface area (Å²) in [7, 11) is 0. The monoisotopic (exact) mass is 885 g/mol. The Morgan fingerprint density at radius 2 is 0.939 bits per heavy atom. The summed E-state index contributed by atoms with van der Waals surface area (Å²) in [5.41, 5.74) is 26.0. The molecule has 0 N–H and O–H groups in total. The summed E-state index contributed by atoms with van der Waals surface area (Å²) in [4.78, 5) is 5.40. The Kier molecular flexibility index (Phi) is 8.54. The Morgan fingerprint density at radius 3 is 1.56 bits per heavy atom. The maximum Gasteiger partial charge on any atom is 0.254 e. The summed E-state index contributed by atoms with van der Waals surface area (Å²) in [6.07, 6.45) is 5.97. The van der Waals surface area contributed by atoms with Crippen LogP contribution in [-0.2, 0) is 32.5 Å². The molecule has 4 heteroatoms. The molecule has 0 saturated heterocycles. The van der Waals surface area contributed by atoms with E-state index in [0.717, 1.165) is 6.42 Å². The van der Waals surface area contributed by atoms with E-state index in [9.17, 15) is 0 Å². The second-order valence-electron chi connectivity index (χ2n) is 25.6. The van der Waals surface area contributed by atoms with Gasteiger partial charge in [0.15, 0.2) is 0 Å². The second kappa shape index (κ2) is 13.2. The number of rotatable bonds is 2. The first kappa shape index (κ1) is 42.6. The lowest BCUT2D eigenvalue weighted by Gasteiger charge is -2.46. The van der Waals surface area contributed by atoms with Crippen molar-refractivity contribution in [1.82, 2.24) is 0 Å². The zero-order valence-electron chi connectivity index (χ0n) is 42.5. The molecule has 2 aliphatic heterocycles. The van der Waals surface area contributed by atoms with Gasteiger partial charge in [0.1, 0.15) is 0 Å². The van der Waals surface area contributed by atoms with Gasteiger partial charge in [-0.3, -0.25) is 0 Å². The molecule has 0 saturated carbocycles. The highest BCUT2D eigenvalue weighted by atomic mass is 32.1. The molecule has 3 aliphatic carbocycles. The van der Waals surface area contributed by atoms with E-state index in [0.29, 0.717) is 0 Å². The molecule has 5 aliphatic rings. The third-order valence-corrected chi connectivity index (χ3v) is 19.2. The van der Waals surface area contributed by atoms with Crippen LogP contribution in [0.4, 0.5) is 34.1 Å². The highest BCUT2D eigenvalue weighted by Crippen LogP contribution is 2.56. The quantitative estimate of drug-likeness (QED) is 0.160. The van der Waals surface area contributed by atoms with Gasteiger partial charge in [0.25, 0.3) is 6.71 Å². The Labute approximate surface area is 399 Å². The minimum Gasteiger partial charge on any atom is -0.311 e. The maximum atomic E-state index is 2.75. The van der Waals surface area contributed by atoms with E-state index in [2.05, 4.69) is 210 Å². The van der Waals surface area contributed by atoms with Crippen molar-refractivity contribution in [2.24, 2.45) is 0 Å². The standard InChI is InChI=1S/C62H69BN2S/c1-35-26-51-54-52(27-35)65(49-31-43-40(28-37(49)3)57(4,5)22-24-59(43,8)9)50-32-44-42(61(12,13)34-62(44,14)15)30-46(50)63(54)55-48(64(51)47-19-17-16-18-36(47)2)21-20-38-39-29-41-45(33-53(39)66-56(38)55)60(10,11)25-23-58(41,6)7/h16-21,26-33H,22-25,34H2,1-15H3. The van der Waals surface area contributed by atoms with Crippen molar-refractivity contribution in [2.45, 2.75) is 168 Å². The van der Waals surface area contributed by atoms with Crippen LogP contribution in [0, 0.1) is 20.8 Å². The van der Waals surface area contributed by atoms with Crippen LogP contribution >= 0.6 is 11.3 Å². The van der Waals surface area contributed by atoms with Crippen molar-refractivity contribution >= 4 is 88.7 Å². The van der Waals surface area contributed by atoms with Crippen molar-refractivity contribution in [1.29, 1.82) is 0 Å². The van der Waals surface area contributed by atoms with Gasteiger partial charge >= 0.3 is 0 Å². The van der Waals surface area contributed by atoms with Crippen LogP contribution in [0.5, 0.6) is 0 Å². The lowest BCUT2D eigenvalue weighted by atomic mass is 9.33. The van der Waals surface area contributed by atoms with Crippen LogP contribution in [0.25, 0.3) is 20.2 Å². The van der Waals surface area contributed by atoms with Gasteiger partial charge in [-0.2, -0.15) is 0 Å². The normalized spacial score (nSPS) is 20.7. The Bertz CT molecular complexity index is 3300. The molecule has 0 spiro atoms. The first-order valence-electron chi connectivity index (χ1n) is 25.1. The van der Waals surface area contributed by atoms with Crippen molar-refractivity contribution in [3.8, 4) is 0 Å². The molecule has 1 aromatic heterocycles. The third-order valence-electron chi connectivity index (χ3n) is 18.0. The van der Waals surface area contributed by atoms with Crippen LogP contribution in [0.1, 0.15) is 165 Å². The molecular formula is C62H69BN2S. The number of thiophene rings is 1. The van der Waals surface area contributed by atoms with Crippen molar-refractivity contribution < 1.29 is 0 Å². The van der Waals surface area contributed by atoms with Gasteiger partial charge in [-0.05, 0) is 206 Å². The molecule has 0 bridgehead atoms. The van der Waals surface area contributed by atoms with E-state index in [1.54, 1.807) is 11.1 Å². The Hall–Kier alpha value is -4.80. The van der Waals surface area contributed by atoms with Gasteiger partial charge in [0.05, 0.1) is 0 Å². The number of anilines is 6. The predicted molar refractivity (Wildman–Crippen MR) is 289 cm³/mol. The molecule has 3 heterocycles. The van der Waals surface area contributed by atoms with Crippen LogP contribution in [-0.4, -0.2) is 6.71 Å². The minimum absolute atomic E-state index is 0.0505. The maximum absolute atomic E-state index is 2.75. The fourth-order valence-corrected chi connectivity index (χ4v) is 15.6. The summed E-state index contributed by atoms with van der Waals surface area (Å²) in [5.74, 6) is 0. The molecule has 0 fully saturated rings. The fourth-order valence-electron chi connectivity index (χ4n) is 14.3. The average Bonchev–Trinajstić information content (AvgIpc) is 3.69. The Balaban J connectivity index is 1.23. The largest absolute Gasteiger partial charge is 0.311 e. The van der Waals surface area contributed by atoms with Crippen LogP contribution in [0.15, 0.2) is 84.9 Å². The summed E-state index contributed by atoms with van der Waals surface area (Å²) in [5, 5.41) is 2.82. The number of para-hydroxylation sites is 1. The first-order valence-corrected chi connectivity index (χ1v) is 25.9. The fraction of sp³-hybridized carbons (Fsp3) is 0.419. The van der Waals surface area contributed by atoms with E-state index >= 15 is 0 Å². The van der Waals surface area contributed by atoms with Gasteiger partial charge in [-0.25, -0.2) is 0 Å². The van der Waals surface area contributed by atoms with E-state index in [4.69, 9.17) is 0 Å². The number of aryl methyl sites for hydroxylation is 3. The smallest absolute Gasteiger partial charge is 0.254 e. The van der Waals surface area contributed by atoms with Crippen LogP contribution in [0.2, 0.25) is 0 Å². The van der Waals surface area contributed by atoms with Crippen LogP contribution < -0.4 is 26.2 Å². The van der Waals surface area contributed by atoms with Gasteiger partial charge in [0.2, 0.25) is 0 Å². The molecule has 7 aromatic rings. The number of hydrogen-bond acceptors (Lipinski definition) is 3. The van der Waals surface area contributed by atoms with Gasteiger partial charge in [-0.1, -0.05) is 119 Å². The zero-order valence-corrected chi connectivity index (χ0v) is 43.3. The first-order chi connectivity index (χ1) is 30.9. The lowest BCUT2D eigenvalue weighted by molar-refractivity contribution is 0.332. The zero-order chi connectivity index (χ0) is 46.6. The molecule has 0 radical (unpaired) electrons. The molecule has 6 aromatic carbocycles. The summed E-state index contributed by atoms with van der Waals surface area (Å²) < 4.78 is 2.86. The molecule has 2 nitrogen and oxygen atoms in total. The van der Waals surface area contributed by atoms with E-state index in [-0.39, 0.29) is 39.2 Å². The van der Waals surface area contributed by atoms with Gasteiger partial charge in [-0.15, -0.1) is 11.3 Å². The molecular weight excluding hydrogens is 816 g/mol. The third kappa shape index (κ3) is 5.72. The molecule has 0 amide bonds. The van der Waals surface area contributed by atoms with Crippen LogP contribution in [0.3, 0.4) is 0 Å². The molecule has 336 valence electrons. The topological polar surface area (TPSA) is 6.48 Å². The van der Waals surface area contributed by atoms with Gasteiger partial charge in [0, 0.05) is 48.9 Å². The highest BCUT2D eigenvalue weighted by Gasteiger charge is 2.50. The highest BCUT2D eigenvalue weighted by molar-refractivity contribution is 7.28. The second-order valence-corrected chi connectivity index (χ2v) is 26.7. The van der Waals surface area contributed by atoms with Crippen molar-refractivity contribution in [3.05, 3.63) is 135 Å². The number of benzene rings is 6. The number of hydrogen-bond donors (Lipinski definition) is 0. The van der Waals surface area contributed by atoms with Crippen molar-refractivity contribution in [2.75, 3.05) is 9.80 Å². The predicted octanol–water partition coefficient (Wildman–Crippen LogP) is 15.7. The molecule has 66 heavy (non-hydrogen) atoms. The molecule has 12 rings (SSSR count). The number of fused-ring (bicyclic) bond motifs is 11. The summed E-state index contributed by atoms with van der Waals surface area (Å²) >= 11 is 2.05. The summed E-state index contributed by atoms with van der Waals surface area (Å²) in [6.45, 7) is 36.8. The van der Waals surface area contributed by atoms with Crippen molar-refractivity contribution in [3.63, 3.8) is 0 Å². The Morgan fingerprint density at radius 1 is 0.424 bits per heavy atom. The lowest BCUT2D eigenvalue weighted by Crippen LogP contribution is -2.61. The minimum atomic E-state index is 0.0505.